The van der Waals surface area contributed by atoms with Crippen LogP contribution in [0.1, 0.15) is 18.1 Å². The first-order chi connectivity index (χ1) is 12.6. The second kappa shape index (κ2) is 8.65. The van der Waals surface area contributed by atoms with Gasteiger partial charge in [0.05, 0.1) is 4.90 Å². The number of anilines is 2. The fourth-order valence-corrected chi connectivity index (χ4v) is 2.88. The Bertz CT molecular complexity index is 940. The van der Waals surface area contributed by atoms with Gasteiger partial charge in [0, 0.05) is 24.8 Å². The molecule has 9 heteroatoms. The number of nitrogens with one attached hydrogen (secondary N) is 3. The van der Waals surface area contributed by atoms with E-state index in [4.69, 9.17) is 5.14 Å². The maximum absolute atomic E-state index is 12.0. The van der Waals surface area contributed by atoms with E-state index in [9.17, 15) is 18.0 Å². The number of carbonyl (C=O) groups is 2. The molecule has 0 unspecified atom stereocenters. The Morgan fingerprint density at radius 3 is 2.30 bits per heavy atom. The van der Waals surface area contributed by atoms with Crippen LogP contribution < -0.4 is 21.1 Å². The molecular formula is C18H22N4O4S. The van der Waals surface area contributed by atoms with Gasteiger partial charge in [-0.2, -0.15) is 0 Å². The number of sulfonamides is 1. The lowest BCUT2D eigenvalue weighted by Crippen LogP contribution is -2.30. The molecule has 0 aliphatic heterocycles. The largest absolute Gasteiger partial charge is 0.338 e. The molecule has 0 atom stereocenters. The molecule has 2 aromatic carbocycles. The molecule has 0 aliphatic rings. The molecule has 0 radical (unpaired) electrons. The van der Waals surface area contributed by atoms with Gasteiger partial charge in [0.1, 0.15) is 0 Å². The summed E-state index contributed by atoms with van der Waals surface area (Å²) >= 11 is 0. The topological polar surface area (TPSA) is 130 Å². The third-order valence-corrected chi connectivity index (χ3v) is 4.69. The Morgan fingerprint density at radius 2 is 1.70 bits per heavy atom. The van der Waals surface area contributed by atoms with Crippen molar-refractivity contribution in [2.75, 3.05) is 17.2 Å². The first-order valence-electron chi connectivity index (χ1n) is 8.20. The average molecular weight is 390 g/mol. The van der Waals surface area contributed by atoms with E-state index in [1.54, 1.807) is 30.3 Å². The summed E-state index contributed by atoms with van der Waals surface area (Å²) in [5.74, 6) is -0.187. The van der Waals surface area contributed by atoms with Gasteiger partial charge in [0.2, 0.25) is 15.9 Å². The Hall–Kier alpha value is -2.91. The van der Waals surface area contributed by atoms with Gasteiger partial charge in [-0.05, 0) is 48.7 Å². The minimum absolute atomic E-state index is 0.0475. The van der Waals surface area contributed by atoms with Gasteiger partial charge in [-0.3, -0.25) is 4.79 Å². The lowest BCUT2D eigenvalue weighted by atomic mass is 10.1. The molecule has 27 heavy (non-hydrogen) atoms. The average Bonchev–Trinajstić information content (AvgIpc) is 2.57. The van der Waals surface area contributed by atoms with Gasteiger partial charge >= 0.3 is 6.03 Å². The molecule has 0 aliphatic carbocycles. The third-order valence-electron chi connectivity index (χ3n) is 3.76. The number of benzene rings is 2. The molecule has 0 fully saturated rings. The van der Waals surface area contributed by atoms with Crippen molar-refractivity contribution in [1.82, 2.24) is 5.32 Å². The molecule has 0 aromatic heterocycles. The number of primary sulfonamides is 1. The molecule has 0 saturated heterocycles. The summed E-state index contributed by atoms with van der Waals surface area (Å²) in [6.07, 6.45) is 0.531. The van der Waals surface area contributed by atoms with E-state index in [-0.39, 0.29) is 16.8 Å². The van der Waals surface area contributed by atoms with Crippen LogP contribution in [0.3, 0.4) is 0 Å². The summed E-state index contributed by atoms with van der Waals surface area (Å²) in [6.45, 7) is 3.64. The summed E-state index contributed by atoms with van der Waals surface area (Å²) in [6, 6.07) is 11.0. The Morgan fingerprint density at radius 1 is 1.04 bits per heavy atom. The highest BCUT2D eigenvalue weighted by Crippen LogP contribution is 2.20. The van der Waals surface area contributed by atoms with Crippen LogP contribution in [-0.4, -0.2) is 26.9 Å². The summed E-state index contributed by atoms with van der Waals surface area (Å²) in [7, 11) is -3.71. The van der Waals surface area contributed by atoms with Crippen molar-refractivity contribution >= 4 is 33.3 Å². The monoisotopic (exact) mass is 390 g/mol. The highest BCUT2D eigenvalue weighted by Gasteiger charge is 2.08. The van der Waals surface area contributed by atoms with Gasteiger partial charge in [-0.1, -0.05) is 18.2 Å². The third kappa shape index (κ3) is 6.39. The fraction of sp³-hybridized carbons (Fsp3) is 0.222. The van der Waals surface area contributed by atoms with Crippen molar-refractivity contribution in [3.05, 3.63) is 53.6 Å². The van der Waals surface area contributed by atoms with Crippen molar-refractivity contribution in [2.24, 2.45) is 5.14 Å². The summed E-state index contributed by atoms with van der Waals surface area (Å²) < 4.78 is 22.4. The molecule has 0 heterocycles. The van der Waals surface area contributed by atoms with Gasteiger partial charge in [-0.15, -0.1) is 0 Å². The molecule has 3 amide bonds. The van der Waals surface area contributed by atoms with Crippen LogP contribution in [0.15, 0.2) is 47.4 Å². The molecule has 8 nitrogen and oxygen atoms in total. The summed E-state index contributed by atoms with van der Waals surface area (Å²) in [5, 5.41) is 13.2. The first kappa shape index (κ1) is 20.4. The lowest BCUT2D eigenvalue weighted by molar-refractivity contribution is -0.114. The van der Waals surface area contributed by atoms with Crippen LogP contribution in [0.5, 0.6) is 0 Å². The predicted molar refractivity (Wildman–Crippen MR) is 104 cm³/mol. The number of carbonyl (C=O) groups excluding carboxylic acids is 2. The smallest absolute Gasteiger partial charge is 0.319 e. The van der Waals surface area contributed by atoms with Gasteiger partial charge in [0.25, 0.3) is 0 Å². The quantitative estimate of drug-likeness (QED) is 0.600. The highest BCUT2D eigenvalue weighted by atomic mass is 32.2. The van der Waals surface area contributed by atoms with Crippen molar-refractivity contribution in [3.63, 3.8) is 0 Å². The van der Waals surface area contributed by atoms with Crippen LogP contribution in [-0.2, 0) is 21.2 Å². The first-order valence-corrected chi connectivity index (χ1v) is 9.74. The Labute approximate surface area is 158 Å². The molecule has 0 saturated carbocycles. The normalized spacial score (nSPS) is 10.9. The summed E-state index contributed by atoms with van der Waals surface area (Å²) in [5.41, 5.74) is 2.94. The number of nitrogens with two attached hydrogens (primary N) is 1. The van der Waals surface area contributed by atoms with Crippen molar-refractivity contribution < 1.29 is 18.0 Å². The van der Waals surface area contributed by atoms with Gasteiger partial charge in [0.15, 0.2) is 0 Å². The van der Waals surface area contributed by atoms with Crippen LogP contribution in [0.2, 0.25) is 0 Å². The van der Waals surface area contributed by atoms with E-state index >= 15 is 0 Å². The number of hydrogen-bond acceptors (Lipinski definition) is 4. The highest BCUT2D eigenvalue weighted by molar-refractivity contribution is 7.89. The molecular weight excluding hydrogens is 368 g/mol. The van der Waals surface area contributed by atoms with Crippen molar-refractivity contribution in [1.29, 1.82) is 0 Å². The van der Waals surface area contributed by atoms with E-state index in [0.29, 0.717) is 24.3 Å². The Kier molecular flexibility index (Phi) is 6.54. The van der Waals surface area contributed by atoms with E-state index in [1.165, 1.54) is 19.1 Å². The van der Waals surface area contributed by atoms with Crippen LogP contribution in [0, 0.1) is 6.92 Å². The van der Waals surface area contributed by atoms with E-state index in [2.05, 4.69) is 16.0 Å². The van der Waals surface area contributed by atoms with Crippen LogP contribution >= 0.6 is 0 Å². The van der Waals surface area contributed by atoms with Crippen LogP contribution in [0.4, 0.5) is 16.2 Å². The number of aryl methyl sites for hydroxylation is 1. The molecule has 5 N–H and O–H groups in total. The zero-order valence-corrected chi connectivity index (χ0v) is 15.9. The zero-order chi connectivity index (χ0) is 20.0. The molecule has 0 bridgehead atoms. The molecule has 144 valence electrons. The number of urea groups is 1. The van der Waals surface area contributed by atoms with E-state index < -0.39 is 10.0 Å². The predicted octanol–water partition coefficient (Wildman–Crippen LogP) is 1.97. The van der Waals surface area contributed by atoms with Crippen molar-refractivity contribution in [2.45, 2.75) is 25.2 Å². The van der Waals surface area contributed by atoms with Gasteiger partial charge < -0.3 is 16.0 Å². The molecule has 0 spiro atoms. The Balaban J connectivity index is 1.87. The zero-order valence-electron chi connectivity index (χ0n) is 15.1. The number of amides is 3. The fourth-order valence-electron chi connectivity index (χ4n) is 2.37. The van der Waals surface area contributed by atoms with Crippen molar-refractivity contribution in [3.8, 4) is 0 Å². The standard InChI is InChI=1S/C18H22N4O4S/c1-12-3-6-15(11-17(12)21-13(2)23)22-18(24)20-10-9-14-4-7-16(8-5-14)27(19,25)26/h3-8,11H,9-10H2,1-2H3,(H,21,23)(H2,19,25,26)(H2,20,22,24). The number of hydrogen-bond donors (Lipinski definition) is 4. The van der Waals surface area contributed by atoms with E-state index in [0.717, 1.165) is 11.1 Å². The lowest BCUT2D eigenvalue weighted by Gasteiger charge is -2.11. The maximum Gasteiger partial charge on any atom is 0.319 e. The van der Waals surface area contributed by atoms with E-state index in [1.807, 2.05) is 6.92 Å². The minimum Gasteiger partial charge on any atom is -0.338 e. The maximum atomic E-state index is 12.0. The number of rotatable bonds is 6. The van der Waals surface area contributed by atoms with Gasteiger partial charge in [-0.25, -0.2) is 18.4 Å². The minimum atomic E-state index is -3.71. The second-order valence-electron chi connectivity index (χ2n) is 6.03. The summed E-state index contributed by atoms with van der Waals surface area (Å²) in [4.78, 5) is 23.2. The molecule has 2 aromatic rings. The SMILES string of the molecule is CC(=O)Nc1cc(NC(=O)NCCc2ccc(S(N)(=O)=O)cc2)ccc1C. The second-order valence-corrected chi connectivity index (χ2v) is 7.59. The van der Waals surface area contributed by atoms with Crippen LogP contribution in [0.25, 0.3) is 0 Å². The molecule has 2 rings (SSSR count).